The molecule has 1 aromatic carbocycles. The number of nitrogens with zero attached hydrogens (tertiary/aromatic N) is 1. The lowest BCUT2D eigenvalue weighted by Crippen LogP contribution is -2.37. The van der Waals surface area contributed by atoms with Gasteiger partial charge >= 0.3 is 0 Å². The van der Waals surface area contributed by atoms with Crippen molar-refractivity contribution in [3.63, 3.8) is 0 Å². The second kappa shape index (κ2) is 9.32. The van der Waals surface area contributed by atoms with Crippen LogP contribution in [0.15, 0.2) is 52.6 Å². The van der Waals surface area contributed by atoms with Crippen LogP contribution in [0.5, 0.6) is 0 Å². The molecule has 7 heteroatoms. The van der Waals surface area contributed by atoms with E-state index in [1.165, 1.54) is 11.1 Å². The Morgan fingerprint density at radius 1 is 1.36 bits per heavy atom. The first-order chi connectivity index (χ1) is 13.6. The van der Waals surface area contributed by atoms with Gasteiger partial charge < -0.3 is 21.3 Å². The largest absolute Gasteiger partial charge is 0.355 e. The molecule has 0 saturated carbocycles. The number of rotatable bonds is 4. The van der Waals surface area contributed by atoms with Crippen molar-refractivity contribution in [3.05, 3.63) is 53.1 Å². The SMILES string of the molecule is CC/C(=N\C(=N)NC1C=CC2=C(CNCC2)C1)Nc1ccccc1C(=O)NC. The number of anilines is 1. The summed E-state index contributed by atoms with van der Waals surface area (Å²) in [5.41, 5.74) is 4.06. The summed E-state index contributed by atoms with van der Waals surface area (Å²) in [6, 6.07) is 7.35. The number of amidine groups is 1. The molecule has 0 fully saturated rings. The smallest absolute Gasteiger partial charge is 0.253 e. The van der Waals surface area contributed by atoms with Gasteiger partial charge in [-0.1, -0.05) is 36.8 Å². The zero-order valence-corrected chi connectivity index (χ0v) is 16.4. The monoisotopic (exact) mass is 380 g/mol. The van der Waals surface area contributed by atoms with Gasteiger partial charge in [0.2, 0.25) is 5.96 Å². The first kappa shape index (κ1) is 19.8. The Balaban J connectivity index is 1.65. The van der Waals surface area contributed by atoms with Crippen molar-refractivity contribution in [3.8, 4) is 0 Å². The summed E-state index contributed by atoms with van der Waals surface area (Å²) in [4.78, 5) is 16.4. The van der Waals surface area contributed by atoms with Gasteiger partial charge in [-0.2, -0.15) is 0 Å². The number of amides is 1. The van der Waals surface area contributed by atoms with E-state index in [0.29, 0.717) is 23.5 Å². The van der Waals surface area contributed by atoms with Crippen LogP contribution in [0.1, 0.15) is 36.5 Å². The molecule has 1 aromatic rings. The predicted molar refractivity (Wildman–Crippen MR) is 114 cm³/mol. The Hall–Kier alpha value is -2.93. The lowest BCUT2D eigenvalue weighted by Gasteiger charge is -2.27. The number of hydrogen-bond acceptors (Lipinski definition) is 3. The maximum absolute atomic E-state index is 12.0. The van der Waals surface area contributed by atoms with Crippen LogP contribution in [-0.2, 0) is 0 Å². The van der Waals surface area contributed by atoms with Gasteiger partial charge in [0.1, 0.15) is 5.84 Å². The number of para-hydroxylation sites is 1. The molecule has 0 radical (unpaired) electrons. The Morgan fingerprint density at radius 2 is 2.18 bits per heavy atom. The van der Waals surface area contributed by atoms with Gasteiger partial charge in [0.25, 0.3) is 5.91 Å². The Bertz CT molecular complexity index is 839. The van der Waals surface area contributed by atoms with Gasteiger partial charge in [0, 0.05) is 20.0 Å². The zero-order chi connectivity index (χ0) is 19.9. The van der Waals surface area contributed by atoms with Crippen LogP contribution in [0, 0.1) is 5.41 Å². The van der Waals surface area contributed by atoms with E-state index in [1.807, 2.05) is 25.1 Å². The van der Waals surface area contributed by atoms with E-state index in [9.17, 15) is 4.79 Å². The molecule has 28 heavy (non-hydrogen) atoms. The summed E-state index contributed by atoms with van der Waals surface area (Å²) in [6.07, 6.45) is 6.88. The molecular weight excluding hydrogens is 352 g/mol. The number of aliphatic imine (C=N–C) groups is 1. The van der Waals surface area contributed by atoms with Crippen molar-refractivity contribution in [2.45, 2.75) is 32.2 Å². The highest BCUT2D eigenvalue weighted by molar-refractivity contribution is 6.07. The normalized spacial score (nSPS) is 19.1. The summed E-state index contributed by atoms with van der Waals surface area (Å²) < 4.78 is 0. The summed E-state index contributed by atoms with van der Waals surface area (Å²) in [7, 11) is 1.61. The third-order valence-electron chi connectivity index (χ3n) is 4.94. The quantitative estimate of drug-likeness (QED) is 0.409. The Morgan fingerprint density at radius 3 is 2.96 bits per heavy atom. The molecule has 3 rings (SSSR count). The lowest BCUT2D eigenvalue weighted by molar-refractivity contribution is 0.0964. The fraction of sp³-hybridized carbons (Fsp3) is 0.381. The second-order valence-corrected chi connectivity index (χ2v) is 6.88. The van der Waals surface area contributed by atoms with Crippen molar-refractivity contribution in [1.82, 2.24) is 16.0 Å². The van der Waals surface area contributed by atoms with Crippen LogP contribution in [0.2, 0.25) is 0 Å². The summed E-state index contributed by atoms with van der Waals surface area (Å²) in [5, 5.41) is 20.7. The first-order valence-electron chi connectivity index (χ1n) is 9.71. The molecule has 0 spiro atoms. The number of benzene rings is 1. The summed E-state index contributed by atoms with van der Waals surface area (Å²) in [5.74, 6) is 0.585. The molecule has 0 bridgehead atoms. The number of carbonyl (C=O) groups is 1. The average molecular weight is 380 g/mol. The van der Waals surface area contributed by atoms with Crippen molar-refractivity contribution >= 4 is 23.4 Å². The molecule has 0 aromatic heterocycles. The van der Waals surface area contributed by atoms with Crippen molar-refractivity contribution < 1.29 is 4.79 Å². The predicted octanol–water partition coefficient (Wildman–Crippen LogP) is 2.41. The molecule has 0 saturated heterocycles. The number of carbonyl (C=O) groups excluding carboxylic acids is 1. The van der Waals surface area contributed by atoms with E-state index < -0.39 is 0 Å². The zero-order valence-electron chi connectivity index (χ0n) is 16.4. The molecule has 7 nitrogen and oxygen atoms in total. The number of hydrogen-bond donors (Lipinski definition) is 5. The fourth-order valence-corrected chi connectivity index (χ4v) is 3.44. The van der Waals surface area contributed by atoms with E-state index in [4.69, 9.17) is 5.41 Å². The van der Waals surface area contributed by atoms with Crippen LogP contribution in [0.4, 0.5) is 5.69 Å². The molecule has 1 heterocycles. The standard InChI is InChI=1S/C21H28N6O/c1-3-19(26-18-7-5-4-6-17(18)20(28)23-2)27-21(22)25-16-9-8-14-10-11-24-13-15(14)12-16/h4-9,16,24H,3,10-13H2,1-2H3,(H,23,28)(H3,22,25,26,27). The third-order valence-corrected chi connectivity index (χ3v) is 4.94. The molecule has 1 aliphatic carbocycles. The molecule has 1 aliphatic heterocycles. The highest BCUT2D eigenvalue weighted by Crippen LogP contribution is 2.23. The van der Waals surface area contributed by atoms with E-state index in [2.05, 4.69) is 38.4 Å². The molecule has 1 amide bonds. The number of allylic oxidation sites excluding steroid dienone is 1. The minimum Gasteiger partial charge on any atom is -0.355 e. The molecule has 1 unspecified atom stereocenters. The van der Waals surface area contributed by atoms with Crippen LogP contribution >= 0.6 is 0 Å². The van der Waals surface area contributed by atoms with Crippen LogP contribution in [0.25, 0.3) is 0 Å². The highest BCUT2D eigenvalue weighted by atomic mass is 16.1. The van der Waals surface area contributed by atoms with Crippen LogP contribution < -0.4 is 21.3 Å². The fourth-order valence-electron chi connectivity index (χ4n) is 3.44. The van der Waals surface area contributed by atoms with Gasteiger partial charge in [0.05, 0.1) is 17.3 Å². The second-order valence-electron chi connectivity index (χ2n) is 6.88. The maximum atomic E-state index is 12.0. The molecular formula is C21H28N6O. The average Bonchev–Trinajstić information content (AvgIpc) is 2.73. The van der Waals surface area contributed by atoms with E-state index in [1.54, 1.807) is 13.1 Å². The minimum absolute atomic E-state index is 0.0751. The lowest BCUT2D eigenvalue weighted by atomic mass is 9.90. The molecule has 148 valence electrons. The van der Waals surface area contributed by atoms with Crippen molar-refractivity contribution in [1.29, 1.82) is 5.41 Å². The third kappa shape index (κ3) is 4.86. The summed E-state index contributed by atoms with van der Waals surface area (Å²) in [6.45, 7) is 3.92. The van der Waals surface area contributed by atoms with E-state index in [0.717, 1.165) is 25.9 Å². The topological polar surface area (TPSA) is 101 Å². The Labute approximate surface area is 165 Å². The van der Waals surface area contributed by atoms with Gasteiger partial charge in [-0.15, -0.1) is 0 Å². The highest BCUT2D eigenvalue weighted by Gasteiger charge is 2.19. The number of nitrogens with one attached hydrogen (secondary N) is 5. The van der Waals surface area contributed by atoms with E-state index >= 15 is 0 Å². The van der Waals surface area contributed by atoms with Crippen molar-refractivity contribution in [2.75, 3.05) is 25.5 Å². The molecule has 1 atom stereocenters. The van der Waals surface area contributed by atoms with Crippen molar-refractivity contribution in [2.24, 2.45) is 4.99 Å². The molecule has 5 N–H and O–H groups in total. The van der Waals surface area contributed by atoms with Gasteiger partial charge in [-0.3, -0.25) is 10.2 Å². The maximum Gasteiger partial charge on any atom is 0.253 e. The first-order valence-corrected chi connectivity index (χ1v) is 9.71. The number of guanidine groups is 1. The van der Waals surface area contributed by atoms with Gasteiger partial charge in [-0.05, 0) is 37.1 Å². The van der Waals surface area contributed by atoms with Crippen LogP contribution in [0.3, 0.4) is 0 Å². The summed E-state index contributed by atoms with van der Waals surface area (Å²) >= 11 is 0. The minimum atomic E-state index is -0.163. The van der Waals surface area contributed by atoms with Crippen LogP contribution in [-0.4, -0.2) is 43.9 Å². The Kier molecular flexibility index (Phi) is 6.60. The van der Waals surface area contributed by atoms with Gasteiger partial charge in [0.15, 0.2) is 0 Å². The van der Waals surface area contributed by atoms with E-state index in [-0.39, 0.29) is 17.9 Å². The van der Waals surface area contributed by atoms with Gasteiger partial charge in [-0.25, -0.2) is 4.99 Å². The molecule has 2 aliphatic rings.